The van der Waals surface area contributed by atoms with Crippen molar-refractivity contribution in [2.24, 2.45) is 5.41 Å². The summed E-state index contributed by atoms with van der Waals surface area (Å²) >= 11 is 0. The van der Waals surface area contributed by atoms with Crippen LogP contribution in [0.1, 0.15) is 59.9 Å². The van der Waals surface area contributed by atoms with E-state index in [4.69, 9.17) is 9.47 Å². The van der Waals surface area contributed by atoms with Crippen molar-refractivity contribution in [2.75, 3.05) is 0 Å². The summed E-state index contributed by atoms with van der Waals surface area (Å²) in [6, 6.07) is 9.28. The second kappa shape index (κ2) is 9.60. The molecule has 1 unspecified atom stereocenters. The fourth-order valence-corrected chi connectivity index (χ4v) is 3.22. The van der Waals surface area contributed by atoms with Crippen LogP contribution in [-0.2, 0) is 25.5 Å². The Hall–Kier alpha value is -3.08. The predicted molar refractivity (Wildman–Crippen MR) is 118 cm³/mol. The minimum Gasteiger partial charge on any atom is -0.458 e. The lowest BCUT2D eigenvalue weighted by atomic mass is 9.95. The Kier molecular flexibility index (Phi) is 7.55. The van der Waals surface area contributed by atoms with Crippen molar-refractivity contribution in [1.82, 2.24) is 10.6 Å². The molecule has 1 fully saturated rings. The molecule has 2 amide bonds. The van der Waals surface area contributed by atoms with Gasteiger partial charge < -0.3 is 20.1 Å². The number of carbonyl (C=O) groups is 3. The highest BCUT2D eigenvalue weighted by atomic mass is 16.6. The number of carbonyl (C=O) groups excluding carboxylic acids is 3. The van der Waals surface area contributed by atoms with E-state index >= 15 is 0 Å². The van der Waals surface area contributed by atoms with Crippen LogP contribution in [0.25, 0.3) is 0 Å². The topological polar surface area (TPSA) is 118 Å². The lowest BCUT2D eigenvalue weighted by molar-refractivity contribution is -0.159. The SMILES string of the molecule is CC(C)(C)OC(=O)NC(C#N)C1(C(=O)N[C@@H](Cc2ccccc2)C(=O)OC(C)(C)C)CC1. The molecule has 0 aromatic heterocycles. The fourth-order valence-electron chi connectivity index (χ4n) is 3.22. The first kappa shape index (κ1) is 25.2. The standard InChI is InChI=1S/C24H33N3O5/c1-22(2,3)31-19(28)17(14-16-10-8-7-9-11-16)26-20(29)24(12-13-24)18(15-25)27-21(30)32-23(4,5)6/h7-11,17-18H,12-14H2,1-6H3,(H,26,29)(H,27,30)/t17-,18?/m0/s1. The third kappa shape index (κ3) is 7.26. The van der Waals surface area contributed by atoms with Crippen molar-refractivity contribution in [2.45, 2.75) is 84.1 Å². The van der Waals surface area contributed by atoms with E-state index < -0.39 is 46.7 Å². The van der Waals surface area contributed by atoms with Gasteiger partial charge in [0.2, 0.25) is 5.91 Å². The van der Waals surface area contributed by atoms with E-state index in [-0.39, 0.29) is 6.42 Å². The van der Waals surface area contributed by atoms with Gasteiger partial charge in [0.05, 0.1) is 11.5 Å². The van der Waals surface area contributed by atoms with E-state index in [0.717, 1.165) is 5.56 Å². The first-order chi connectivity index (χ1) is 14.8. The summed E-state index contributed by atoms with van der Waals surface area (Å²) in [6.07, 6.45) is 0.309. The molecule has 8 heteroatoms. The molecule has 1 saturated carbocycles. The molecule has 2 N–H and O–H groups in total. The maximum Gasteiger partial charge on any atom is 0.408 e. The number of hydrogen-bond acceptors (Lipinski definition) is 6. The summed E-state index contributed by atoms with van der Waals surface area (Å²) in [7, 11) is 0. The van der Waals surface area contributed by atoms with Crippen molar-refractivity contribution >= 4 is 18.0 Å². The van der Waals surface area contributed by atoms with Crippen LogP contribution in [0.3, 0.4) is 0 Å². The highest BCUT2D eigenvalue weighted by molar-refractivity contribution is 5.91. The summed E-state index contributed by atoms with van der Waals surface area (Å²) < 4.78 is 10.7. The Labute approximate surface area is 189 Å². The summed E-state index contributed by atoms with van der Waals surface area (Å²) in [6.45, 7) is 10.4. The van der Waals surface area contributed by atoms with Crippen LogP contribution in [0.2, 0.25) is 0 Å². The van der Waals surface area contributed by atoms with Gasteiger partial charge >= 0.3 is 12.1 Å². The molecular formula is C24H33N3O5. The summed E-state index contributed by atoms with van der Waals surface area (Å²) in [5.41, 5.74) is -1.71. The van der Waals surface area contributed by atoms with Gasteiger partial charge in [-0.15, -0.1) is 0 Å². The zero-order chi connectivity index (χ0) is 24.2. The van der Waals surface area contributed by atoms with Crippen molar-refractivity contribution in [3.63, 3.8) is 0 Å². The number of benzene rings is 1. The Balaban J connectivity index is 2.17. The first-order valence-corrected chi connectivity index (χ1v) is 10.7. The zero-order valence-electron chi connectivity index (χ0n) is 19.7. The number of esters is 1. The summed E-state index contributed by atoms with van der Waals surface area (Å²) in [4.78, 5) is 38.2. The zero-order valence-corrected chi connectivity index (χ0v) is 19.7. The molecule has 2 atom stereocenters. The number of hydrogen-bond donors (Lipinski definition) is 2. The number of alkyl carbamates (subject to hydrolysis) is 1. The van der Waals surface area contributed by atoms with E-state index in [1.165, 1.54) is 0 Å². The van der Waals surface area contributed by atoms with Crippen LogP contribution in [0.15, 0.2) is 30.3 Å². The van der Waals surface area contributed by atoms with E-state index in [1.54, 1.807) is 41.5 Å². The molecular weight excluding hydrogens is 410 g/mol. The summed E-state index contributed by atoms with van der Waals surface area (Å²) in [5, 5.41) is 14.9. The van der Waals surface area contributed by atoms with E-state index in [2.05, 4.69) is 10.6 Å². The maximum absolute atomic E-state index is 13.2. The van der Waals surface area contributed by atoms with Crippen LogP contribution < -0.4 is 10.6 Å². The number of nitrogens with one attached hydrogen (secondary N) is 2. The Morgan fingerprint density at radius 2 is 1.56 bits per heavy atom. The van der Waals surface area contributed by atoms with Crippen molar-refractivity contribution in [1.29, 1.82) is 5.26 Å². The van der Waals surface area contributed by atoms with Crippen molar-refractivity contribution in [3.05, 3.63) is 35.9 Å². The van der Waals surface area contributed by atoms with Crippen LogP contribution in [-0.4, -0.2) is 41.3 Å². The lowest BCUT2D eigenvalue weighted by Gasteiger charge is -2.28. The van der Waals surface area contributed by atoms with Crippen molar-refractivity contribution in [3.8, 4) is 6.07 Å². The van der Waals surface area contributed by atoms with Gasteiger partial charge in [0.1, 0.15) is 23.3 Å². The highest BCUT2D eigenvalue weighted by Gasteiger charge is 2.57. The maximum atomic E-state index is 13.2. The number of nitrogens with zero attached hydrogens (tertiary/aromatic N) is 1. The quantitative estimate of drug-likeness (QED) is 0.625. The van der Waals surface area contributed by atoms with Crippen molar-refractivity contribution < 1.29 is 23.9 Å². The molecule has 0 saturated heterocycles. The molecule has 0 bridgehead atoms. The van der Waals surface area contributed by atoms with Crippen LogP contribution in [0.4, 0.5) is 4.79 Å². The fraction of sp³-hybridized carbons (Fsp3) is 0.583. The van der Waals surface area contributed by atoms with Gasteiger partial charge in [-0.05, 0) is 59.9 Å². The van der Waals surface area contributed by atoms with Gasteiger partial charge in [-0.1, -0.05) is 30.3 Å². The van der Waals surface area contributed by atoms with Crippen LogP contribution in [0, 0.1) is 16.7 Å². The van der Waals surface area contributed by atoms with E-state index in [9.17, 15) is 19.6 Å². The third-order valence-electron chi connectivity index (χ3n) is 4.86. The first-order valence-electron chi connectivity index (χ1n) is 10.7. The second-order valence-electron chi connectivity index (χ2n) is 10.1. The molecule has 0 heterocycles. The Morgan fingerprint density at radius 1 is 1.00 bits per heavy atom. The van der Waals surface area contributed by atoms with E-state index in [0.29, 0.717) is 12.8 Å². The molecule has 1 aromatic rings. The molecule has 2 rings (SSSR count). The van der Waals surface area contributed by atoms with Gasteiger partial charge in [0.15, 0.2) is 0 Å². The molecule has 1 aliphatic carbocycles. The third-order valence-corrected chi connectivity index (χ3v) is 4.86. The second-order valence-corrected chi connectivity index (χ2v) is 10.1. The smallest absolute Gasteiger partial charge is 0.408 e. The number of amides is 2. The molecule has 0 spiro atoms. The molecule has 174 valence electrons. The van der Waals surface area contributed by atoms with Gasteiger partial charge in [0, 0.05) is 6.42 Å². The number of nitriles is 1. The van der Waals surface area contributed by atoms with E-state index in [1.807, 2.05) is 36.4 Å². The van der Waals surface area contributed by atoms with Gasteiger partial charge in [-0.25, -0.2) is 9.59 Å². The molecule has 0 radical (unpaired) electrons. The number of rotatable bonds is 7. The molecule has 8 nitrogen and oxygen atoms in total. The lowest BCUT2D eigenvalue weighted by Crippen LogP contribution is -2.53. The highest BCUT2D eigenvalue weighted by Crippen LogP contribution is 2.49. The Bertz CT molecular complexity index is 874. The monoisotopic (exact) mass is 443 g/mol. The average molecular weight is 444 g/mol. The average Bonchev–Trinajstić information content (AvgIpc) is 3.45. The van der Waals surface area contributed by atoms with Gasteiger partial charge in [-0.3, -0.25) is 4.79 Å². The molecule has 32 heavy (non-hydrogen) atoms. The minimum atomic E-state index is -1.11. The number of ether oxygens (including phenoxy) is 2. The molecule has 1 aliphatic rings. The van der Waals surface area contributed by atoms with Crippen LogP contribution >= 0.6 is 0 Å². The molecule has 0 aliphatic heterocycles. The minimum absolute atomic E-state index is 0.244. The molecule has 1 aromatic carbocycles. The predicted octanol–water partition coefficient (Wildman–Crippen LogP) is 3.25. The van der Waals surface area contributed by atoms with Gasteiger partial charge in [-0.2, -0.15) is 5.26 Å². The summed E-state index contributed by atoms with van der Waals surface area (Å²) in [5.74, 6) is -1.02. The largest absolute Gasteiger partial charge is 0.458 e. The Morgan fingerprint density at radius 3 is 2.03 bits per heavy atom. The normalized spacial score (nSPS) is 16.7. The van der Waals surface area contributed by atoms with Crippen LogP contribution in [0.5, 0.6) is 0 Å². The van der Waals surface area contributed by atoms with Gasteiger partial charge in [0.25, 0.3) is 0 Å².